The third-order valence-electron chi connectivity index (χ3n) is 8.50. The molecule has 0 atom stereocenters. The summed E-state index contributed by atoms with van der Waals surface area (Å²) in [6.07, 6.45) is 0. The maximum Gasteiger partial charge on any atom is 3.00 e. The molecule has 0 aliphatic carbocycles. The summed E-state index contributed by atoms with van der Waals surface area (Å²) in [5.41, 5.74) is -1.61. The van der Waals surface area contributed by atoms with E-state index < -0.39 is 59.1 Å². The molecule has 0 saturated carbocycles. The van der Waals surface area contributed by atoms with E-state index in [1.807, 2.05) is 24.3 Å². The van der Waals surface area contributed by atoms with Crippen LogP contribution in [0.5, 0.6) is 28.7 Å². The van der Waals surface area contributed by atoms with Crippen LogP contribution in [-0.2, 0) is 27.5 Å². The summed E-state index contributed by atoms with van der Waals surface area (Å²) in [5, 5.41) is 83.6. The second kappa shape index (κ2) is 22.3. The third kappa shape index (κ3) is 12.4. The van der Waals surface area contributed by atoms with Crippen molar-refractivity contribution >= 4 is 88.8 Å². The number of benzene rings is 7. The van der Waals surface area contributed by atoms with Crippen molar-refractivity contribution in [1.82, 2.24) is 0 Å². The number of nitrogens with one attached hydrogen (secondary N) is 1. The quantitative estimate of drug-likeness (QED) is 0.0353. The van der Waals surface area contributed by atoms with Crippen LogP contribution in [0, 0.1) is 20.2 Å². The molecule has 7 aromatic rings. The smallest absolute Gasteiger partial charge is 0.506 e. The summed E-state index contributed by atoms with van der Waals surface area (Å²) in [4.78, 5) is 19.4. The van der Waals surface area contributed by atoms with Gasteiger partial charge < -0.3 is 30.5 Å². The number of nitrogens with zero attached hydrogens (tertiary/aromatic N) is 6. The number of hydrogen-bond donors (Lipinski definition) is 6. The van der Waals surface area contributed by atoms with Crippen LogP contribution in [0.25, 0.3) is 21.5 Å². The van der Waals surface area contributed by atoms with Gasteiger partial charge in [0, 0.05) is 33.2 Å². The zero-order valence-electron chi connectivity index (χ0n) is 32.9. The van der Waals surface area contributed by atoms with Gasteiger partial charge in [0.1, 0.15) is 44.9 Å². The fraction of sp³-hybridized carbons (Fsp3) is 0.0256. The topological polar surface area (TPSA) is 292 Å². The number of halogens is 1. The van der Waals surface area contributed by atoms with Crippen molar-refractivity contribution < 1.29 is 124 Å². The maximum atomic E-state index is 12.1. The molecule has 0 aliphatic rings. The van der Waals surface area contributed by atoms with Crippen LogP contribution in [0.15, 0.2) is 141 Å². The number of fused-ring (bicyclic) bond motifs is 2. The van der Waals surface area contributed by atoms with E-state index in [-0.39, 0.29) is 104 Å². The average molecular weight is 952 g/mol. The number of non-ortho nitro benzene ring substituents is 1. The molecule has 307 valence electrons. The average Bonchev–Trinajstić information content (AvgIpc) is 3.21. The van der Waals surface area contributed by atoms with Gasteiger partial charge in [0.05, 0.1) is 23.0 Å². The predicted molar refractivity (Wildman–Crippen MR) is 220 cm³/mol. The van der Waals surface area contributed by atoms with E-state index in [1.54, 1.807) is 48.5 Å². The van der Waals surface area contributed by atoms with Crippen LogP contribution in [0.2, 0.25) is 5.02 Å². The number of phenols is 4. The van der Waals surface area contributed by atoms with Crippen molar-refractivity contribution in [2.24, 2.45) is 20.5 Å². The van der Waals surface area contributed by atoms with Gasteiger partial charge in [-0.1, -0.05) is 41.9 Å². The first-order valence-corrected chi connectivity index (χ1v) is 18.7. The molecule has 63 heavy (non-hydrogen) atoms. The van der Waals surface area contributed by atoms with Crippen molar-refractivity contribution in [3.05, 3.63) is 141 Å². The van der Waals surface area contributed by atoms with Gasteiger partial charge in [0.15, 0.2) is 5.75 Å². The molecular formula is C39H28ClCrN7Na2O12S+5. The first-order valence-electron chi connectivity index (χ1n) is 16.9. The van der Waals surface area contributed by atoms with Crippen molar-refractivity contribution in [3.8, 4) is 28.7 Å². The summed E-state index contributed by atoms with van der Waals surface area (Å²) in [7, 11) is -3.49. The summed E-state index contributed by atoms with van der Waals surface area (Å²) in [6.45, 7) is 0. The summed E-state index contributed by atoms with van der Waals surface area (Å²) in [5.74, 6) is -1.19. The van der Waals surface area contributed by atoms with Gasteiger partial charge in [-0.25, -0.2) is 0 Å². The van der Waals surface area contributed by atoms with E-state index in [0.717, 1.165) is 16.8 Å². The molecule has 0 fully saturated rings. The SMILES string of the molecule is COc1ccc(Nc2ccc3c(O)c(N=Nc4cc([N+](=O)[O-])cc([N+](=O)[O-])c4O)c(S(=O)(=O)O)cc3c2)cc1.Oc1ccc(Cl)cc1N=Nc1c(O)ccc2ccccc12.[Cr+3].[Na+].[Na+]. The zero-order chi connectivity index (χ0) is 43.3. The number of nitro benzene ring substituents is 2. The summed E-state index contributed by atoms with van der Waals surface area (Å²) < 4.78 is 39.2. The van der Waals surface area contributed by atoms with Gasteiger partial charge in [0.2, 0.25) is 5.75 Å². The Morgan fingerprint density at radius 2 is 1.29 bits per heavy atom. The van der Waals surface area contributed by atoms with Crippen molar-refractivity contribution in [3.63, 3.8) is 0 Å². The van der Waals surface area contributed by atoms with Crippen molar-refractivity contribution in [2.45, 2.75) is 4.90 Å². The summed E-state index contributed by atoms with van der Waals surface area (Å²) in [6, 6.07) is 29.0. The fourth-order valence-electron chi connectivity index (χ4n) is 5.61. The number of phenolic OH excluding ortho intramolecular Hbond substituents is 4. The number of methoxy groups -OCH3 is 1. The standard InChI is InChI=1S/C23H17N5O10S.C16H11ClN2O2.Cr.2Na/c1-38-16-5-2-13(3-6-16)24-14-4-7-17-12(8-14)9-20(39(35,36)37)21(22(17)29)26-25-18-10-15(27(31)32)11-19(23(18)30)28(33)34;17-11-6-8-14(20)13(9-11)18-19-16-12-4-2-1-3-10(12)5-7-15(16)21;;;/h2-11,24,29-30H,1H3,(H,35,36,37);1-9,20-21H;;;/q;;+3;2*+1. The Morgan fingerprint density at radius 3 is 1.94 bits per heavy atom. The van der Waals surface area contributed by atoms with Crippen LogP contribution >= 0.6 is 11.6 Å². The van der Waals surface area contributed by atoms with E-state index >= 15 is 0 Å². The monoisotopic (exact) mass is 951 g/mol. The molecule has 0 saturated heterocycles. The van der Waals surface area contributed by atoms with Gasteiger partial charge in [-0.3, -0.25) is 24.8 Å². The first kappa shape index (κ1) is 51.9. The van der Waals surface area contributed by atoms with Crippen LogP contribution in [0.3, 0.4) is 0 Å². The number of aromatic hydroxyl groups is 4. The second-order valence-corrected chi connectivity index (χ2v) is 14.2. The minimum Gasteiger partial charge on any atom is -0.506 e. The zero-order valence-corrected chi connectivity index (χ0v) is 39.8. The Labute approximate surface area is 416 Å². The van der Waals surface area contributed by atoms with E-state index in [0.29, 0.717) is 40.0 Å². The van der Waals surface area contributed by atoms with Crippen LogP contribution < -0.4 is 69.2 Å². The number of rotatable bonds is 10. The van der Waals surface area contributed by atoms with Crippen molar-refractivity contribution in [2.75, 3.05) is 12.4 Å². The fourth-order valence-corrected chi connectivity index (χ4v) is 6.43. The molecule has 19 nitrogen and oxygen atoms in total. The molecule has 0 aliphatic heterocycles. The number of ether oxygens (including phenoxy) is 1. The number of hydrogen-bond acceptors (Lipinski definition) is 16. The van der Waals surface area contributed by atoms with Gasteiger partial charge in [-0.2, -0.15) is 8.42 Å². The molecule has 7 rings (SSSR count). The molecule has 6 N–H and O–H groups in total. The molecular weight excluding hydrogens is 924 g/mol. The molecule has 0 aromatic heterocycles. The van der Waals surface area contributed by atoms with Crippen LogP contribution in [0.4, 0.5) is 45.5 Å². The van der Waals surface area contributed by atoms with Gasteiger partial charge in [0.25, 0.3) is 15.8 Å². The minimum atomic E-state index is -5.01. The van der Waals surface area contributed by atoms with E-state index in [1.165, 1.54) is 31.4 Å². The minimum absolute atomic E-state index is 0. The van der Waals surface area contributed by atoms with Crippen LogP contribution in [-0.4, -0.2) is 50.4 Å². The molecule has 0 bridgehead atoms. The Kier molecular flexibility index (Phi) is 18.4. The van der Waals surface area contributed by atoms with Crippen LogP contribution in [0.1, 0.15) is 0 Å². The largest absolute Gasteiger partial charge is 3.00 e. The first-order chi connectivity index (χ1) is 28.5. The molecule has 0 unspecified atom stereocenters. The van der Waals surface area contributed by atoms with Gasteiger partial charge in [-0.15, -0.1) is 20.5 Å². The van der Waals surface area contributed by atoms with E-state index in [9.17, 15) is 53.6 Å². The number of anilines is 2. The Bertz CT molecular complexity index is 3020. The third-order valence-corrected chi connectivity index (χ3v) is 9.60. The molecule has 1 radical (unpaired) electrons. The molecule has 0 spiro atoms. The predicted octanol–water partition coefficient (Wildman–Crippen LogP) is 4.81. The Morgan fingerprint density at radius 1 is 0.651 bits per heavy atom. The number of azo groups is 2. The van der Waals surface area contributed by atoms with Crippen molar-refractivity contribution in [1.29, 1.82) is 0 Å². The maximum absolute atomic E-state index is 12.1. The van der Waals surface area contributed by atoms with Gasteiger partial charge in [-0.05, 0) is 83.6 Å². The van der Waals surface area contributed by atoms with E-state index in [2.05, 4.69) is 25.8 Å². The molecule has 24 heteroatoms. The normalized spacial score (nSPS) is 10.9. The van der Waals surface area contributed by atoms with Gasteiger partial charge >= 0.3 is 82.2 Å². The number of nitro groups is 2. The Balaban J connectivity index is 0.000000373. The van der Waals surface area contributed by atoms with E-state index in [4.69, 9.17) is 16.3 Å². The molecule has 0 amide bonds. The molecule has 0 heterocycles. The molecule has 7 aromatic carbocycles. The second-order valence-electron chi connectivity index (χ2n) is 12.4. The Hall–Kier alpha value is -5.41. The summed E-state index contributed by atoms with van der Waals surface area (Å²) >= 11 is 5.86.